The fourth-order valence-corrected chi connectivity index (χ4v) is 2.94. The fraction of sp³-hybridized carbons (Fsp3) is 0.750. The van der Waals surface area contributed by atoms with Gasteiger partial charge in [0.05, 0.1) is 19.3 Å². The number of aliphatic hydroxyl groups is 1. The highest BCUT2D eigenvalue weighted by Crippen LogP contribution is 2.10. The van der Waals surface area contributed by atoms with Crippen LogP contribution < -0.4 is 0 Å². The molecule has 0 spiro atoms. The van der Waals surface area contributed by atoms with Gasteiger partial charge in [-0.1, -0.05) is 33.8 Å². The number of nitrogens with zero attached hydrogens (tertiary/aromatic N) is 1. The molecule has 1 aromatic rings. The first-order valence-electron chi connectivity index (χ1n) is 7.48. The van der Waals surface area contributed by atoms with Gasteiger partial charge in [-0.05, 0) is 23.3 Å². The van der Waals surface area contributed by atoms with Gasteiger partial charge in [0, 0.05) is 24.5 Å². The van der Waals surface area contributed by atoms with E-state index in [4.69, 9.17) is 4.74 Å². The van der Waals surface area contributed by atoms with Crippen LogP contribution in [0.5, 0.6) is 0 Å². The topological polar surface area (TPSA) is 32.7 Å². The number of thiophene rings is 1. The molecule has 1 heterocycles. The van der Waals surface area contributed by atoms with E-state index < -0.39 is 6.10 Å². The van der Waals surface area contributed by atoms with E-state index in [-0.39, 0.29) is 0 Å². The van der Waals surface area contributed by atoms with Crippen molar-refractivity contribution in [1.29, 1.82) is 0 Å². The molecule has 0 fully saturated rings. The van der Waals surface area contributed by atoms with Crippen LogP contribution in [0.25, 0.3) is 0 Å². The van der Waals surface area contributed by atoms with E-state index in [0.29, 0.717) is 31.6 Å². The summed E-state index contributed by atoms with van der Waals surface area (Å²) >= 11 is 1.69. The van der Waals surface area contributed by atoms with E-state index in [1.807, 2.05) is 11.4 Å². The largest absolute Gasteiger partial charge is 0.389 e. The van der Waals surface area contributed by atoms with Gasteiger partial charge in [0.25, 0.3) is 0 Å². The van der Waals surface area contributed by atoms with Crippen molar-refractivity contribution in [3.63, 3.8) is 0 Å². The van der Waals surface area contributed by atoms with Crippen LogP contribution in [-0.4, -0.2) is 42.4 Å². The van der Waals surface area contributed by atoms with Crippen LogP contribution in [0.15, 0.2) is 17.5 Å². The summed E-state index contributed by atoms with van der Waals surface area (Å²) < 4.78 is 5.58. The zero-order valence-electron chi connectivity index (χ0n) is 13.2. The minimum atomic E-state index is -0.410. The molecule has 116 valence electrons. The van der Waals surface area contributed by atoms with Crippen LogP contribution in [0.4, 0.5) is 0 Å². The van der Waals surface area contributed by atoms with Gasteiger partial charge in [-0.3, -0.25) is 0 Å². The molecular formula is C16H29NO2S. The highest BCUT2D eigenvalue weighted by molar-refractivity contribution is 7.09. The summed E-state index contributed by atoms with van der Waals surface area (Å²) in [4.78, 5) is 3.55. The van der Waals surface area contributed by atoms with Crippen LogP contribution in [-0.2, 0) is 11.3 Å². The quantitative estimate of drug-likeness (QED) is 0.720. The molecular weight excluding hydrogens is 270 g/mol. The van der Waals surface area contributed by atoms with Gasteiger partial charge < -0.3 is 14.7 Å². The van der Waals surface area contributed by atoms with E-state index in [0.717, 1.165) is 13.1 Å². The molecule has 0 saturated carbocycles. The Morgan fingerprint density at radius 1 is 1.15 bits per heavy atom. The normalized spacial score (nSPS) is 13.6. The SMILES string of the molecule is CC(C)CN(CC(C)C)CC(O)COCc1cccs1. The molecule has 0 aliphatic heterocycles. The highest BCUT2D eigenvalue weighted by Gasteiger charge is 2.14. The molecule has 3 nitrogen and oxygen atoms in total. The minimum Gasteiger partial charge on any atom is -0.389 e. The maximum Gasteiger partial charge on any atom is 0.0900 e. The second kappa shape index (κ2) is 9.50. The van der Waals surface area contributed by atoms with E-state index in [2.05, 4.69) is 38.7 Å². The molecule has 0 amide bonds. The average molecular weight is 299 g/mol. The Labute approximate surface area is 127 Å². The number of ether oxygens (including phenoxy) is 1. The third kappa shape index (κ3) is 8.00. The maximum absolute atomic E-state index is 10.1. The highest BCUT2D eigenvalue weighted by atomic mass is 32.1. The zero-order valence-corrected chi connectivity index (χ0v) is 14.0. The molecule has 1 unspecified atom stereocenters. The predicted octanol–water partition coefficient (Wildman–Crippen LogP) is 3.24. The van der Waals surface area contributed by atoms with Crippen LogP contribution in [0.2, 0.25) is 0 Å². The lowest BCUT2D eigenvalue weighted by Crippen LogP contribution is -2.39. The van der Waals surface area contributed by atoms with Gasteiger partial charge in [0.15, 0.2) is 0 Å². The monoisotopic (exact) mass is 299 g/mol. The summed E-state index contributed by atoms with van der Waals surface area (Å²) in [6, 6.07) is 4.08. The average Bonchev–Trinajstić information content (AvgIpc) is 2.79. The maximum atomic E-state index is 10.1. The lowest BCUT2D eigenvalue weighted by molar-refractivity contribution is 0.00718. The number of aliphatic hydroxyl groups excluding tert-OH is 1. The van der Waals surface area contributed by atoms with E-state index in [9.17, 15) is 5.11 Å². The molecule has 0 bridgehead atoms. The van der Waals surface area contributed by atoms with Crippen LogP contribution in [0.3, 0.4) is 0 Å². The molecule has 1 rings (SSSR count). The second-order valence-corrected chi connectivity index (χ2v) is 7.29. The first kappa shape index (κ1) is 17.6. The second-order valence-electron chi connectivity index (χ2n) is 6.25. The summed E-state index contributed by atoms with van der Waals surface area (Å²) in [7, 11) is 0. The standard InChI is InChI=1S/C16H29NO2S/c1-13(2)8-17(9-14(3)4)10-15(18)11-19-12-16-6-5-7-20-16/h5-7,13-15,18H,8-12H2,1-4H3. The van der Waals surface area contributed by atoms with Gasteiger partial charge in [-0.2, -0.15) is 0 Å². The van der Waals surface area contributed by atoms with Crippen molar-refractivity contribution in [3.8, 4) is 0 Å². The Bertz CT molecular complexity index is 328. The van der Waals surface area contributed by atoms with E-state index in [1.165, 1.54) is 4.88 Å². The third-order valence-corrected chi connectivity index (χ3v) is 3.70. The van der Waals surface area contributed by atoms with Crippen LogP contribution in [0.1, 0.15) is 32.6 Å². The van der Waals surface area contributed by atoms with Crippen LogP contribution in [0, 0.1) is 11.8 Å². The number of hydrogen-bond donors (Lipinski definition) is 1. The van der Waals surface area contributed by atoms with Crippen molar-refractivity contribution in [2.45, 2.75) is 40.4 Å². The molecule has 4 heteroatoms. The van der Waals surface area contributed by atoms with Gasteiger partial charge in [0.1, 0.15) is 0 Å². The first-order valence-corrected chi connectivity index (χ1v) is 8.36. The molecule has 20 heavy (non-hydrogen) atoms. The lowest BCUT2D eigenvalue weighted by atomic mass is 10.1. The van der Waals surface area contributed by atoms with Gasteiger partial charge in [0.2, 0.25) is 0 Å². The number of rotatable bonds is 10. The molecule has 1 atom stereocenters. The van der Waals surface area contributed by atoms with E-state index in [1.54, 1.807) is 11.3 Å². The molecule has 1 N–H and O–H groups in total. The number of hydrogen-bond acceptors (Lipinski definition) is 4. The van der Waals surface area contributed by atoms with Crippen molar-refractivity contribution in [3.05, 3.63) is 22.4 Å². The van der Waals surface area contributed by atoms with Crippen molar-refractivity contribution in [2.24, 2.45) is 11.8 Å². The van der Waals surface area contributed by atoms with Gasteiger partial charge >= 0.3 is 0 Å². The molecule has 0 aliphatic rings. The Morgan fingerprint density at radius 3 is 2.30 bits per heavy atom. The molecule has 0 aromatic carbocycles. The Hall–Kier alpha value is -0.420. The molecule has 0 saturated heterocycles. The van der Waals surface area contributed by atoms with Crippen LogP contribution >= 0.6 is 11.3 Å². The molecule has 0 radical (unpaired) electrons. The summed E-state index contributed by atoms with van der Waals surface area (Å²) in [5.41, 5.74) is 0. The van der Waals surface area contributed by atoms with E-state index >= 15 is 0 Å². The summed E-state index contributed by atoms with van der Waals surface area (Å²) in [6.45, 7) is 12.6. The van der Waals surface area contributed by atoms with Crippen molar-refractivity contribution in [2.75, 3.05) is 26.2 Å². The third-order valence-electron chi connectivity index (χ3n) is 2.85. The summed E-state index contributed by atoms with van der Waals surface area (Å²) in [6.07, 6.45) is -0.410. The van der Waals surface area contributed by atoms with Gasteiger partial charge in [-0.25, -0.2) is 0 Å². The fourth-order valence-electron chi connectivity index (χ4n) is 2.30. The first-order chi connectivity index (χ1) is 9.47. The summed E-state index contributed by atoms with van der Waals surface area (Å²) in [5.74, 6) is 1.24. The minimum absolute atomic E-state index is 0.407. The van der Waals surface area contributed by atoms with Crippen molar-refractivity contribution < 1.29 is 9.84 Å². The van der Waals surface area contributed by atoms with Crippen molar-refractivity contribution >= 4 is 11.3 Å². The van der Waals surface area contributed by atoms with Crippen molar-refractivity contribution in [1.82, 2.24) is 4.90 Å². The Kier molecular flexibility index (Phi) is 8.38. The predicted molar refractivity (Wildman–Crippen MR) is 86.1 cm³/mol. The lowest BCUT2D eigenvalue weighted by Gasteiger charge is -2.28. The summed E-state index contributed by atoms with van der Waals surface area (Å²) in [5, 5.41) is 12.2. The zero-order chi connectivity index (χ0) is 15.0. The smallest absolute Gasteiger partial charge is 0.0900 e. The Balaban J connectivity index is 2.27. The van der Waals surface area contributed by atoms with Gasteiger partial charge in [-0.15, -0.1) is 11.3 Å². The molecule has 0 aliphatic carbocycles. The molecule has 1 aromatic heterocycles. The Morgan fingerprint density at radius 2 is 1.80 bits per heavy atom.